The van der Waals surface area contributed by atoms with E-state index in [0.29, 0.717) is 10.3 Å². The van der Waals surface area contributed by atoms with Crippen LogP contribution in [0.4, 0.5) is 13.2 Å². The lowest BCUT2D eigenvalue weighted by Crippen LogP contribution is -2.12. The largest absolute Gasteiger partial charge is 0.453 e. The molecule has 0 N–H and O–H groups in total. The number of aryl methyl sites for hydroxylation is 1. The highest BCUT2D eigenvalue weighted by atomic mass is 19.4. The van der Waals surface area contributed by atoms with Crippen LogP contribution >= 0.6 is 0 Å². The average Bonchev–Trinajstić information content (AvgIpc) is 3.06. The normalized spacial score (nSPS) is 11.7. The van der Waals surface area contributed by atoms with Gasteiger partial charge in [-0.3, -0.25) is 0 Å². The molecule has 0 radical (unpaired) electrons. The van der Waals surface area contributed by atoms with Crippen LogP contribution in [0, 0.1) is 6.92 Å². The van der Waals surface area contributed by atoms with Gasteiger partial charge >= 0.3 is 6.18 Å². The first-order valence-corrected chi connectivity index (χ1v) is 8.05. The summed E-state index contributed by atoms with van der Waals surface area (Å²) in [6.07, 6.45) is -4.66. The summed E-state index contributed by atoms with van der Waals surface area (Å²) < 4.78 is 45.5. The molecule has 0 bridgehead atoms. The maximum Gasteiger partial charge on any atom is 0.453 e. The van der Waals surface area contributed by atoms with Crippen molar-refractivity contribution in [3.8, 4) is 22.8 Å². The van der Waals surface area contributed by atoms with E-state index in [4.69, 9.17) is 4.74 Å². The number of ether oxygens (including phenoxy) is 1. The SMILES string of the molecule is Cc1cccc(-c2ccccc2Oc2ccc3nnc(C(F)(F)F)n3n2)c1. The van der Waals surface area contributed by atoms with E-state index in [1.165, 1.54) is 12.1 Å². The zero-order chi connectivity index (χ0) is 19.0. The zero-order valence-corrected chi connectivity index (χ0v) is 14.1. The molecule has 27 heavy (non-hydrogen) atoms. The number of nitrogens with zero attached hydrogens (tertiary/aromatic N) is 4. The van der Waals surface area contributed by atoms with Crippen LogP contribution in [0.5, 0.6) is 11.6 Å². The molecule has 0 atom stereocenters. The molecular weight excluding hydrogens is 357 g/mol. The van der Waals surface area contributed by atoms with Gasteiger partial charge in [0.05, 0.1) is 0 Å². The Morgan fingerprint density at radius 3 is 2.52 bits per heavy atom. The minimum Gasteiger partial charge on any atom is -0.437 e. The molecule has 0 fully saturated rings. The quantitative estimate of drug-likeness (QED) is 0.514. The van der Waals surface area contributed by atoms with Gasteiger partial charge in [-0.25, -0.2) is 0 Å². The Morgan fingerprint density at radius 2 is 1.74 bits per heavy atom. The van der Waals surface area contributed by atoms with E-state index in [1.807, 2.05) is 43.3 Å². The lowest BCUT2D eigenvalue weighted by atomic mass is 10.0. The molecule has 0 saturated heterocycles. The first-order valence-electron chi connectivity index (χ1n) is 8.05. The second-order valence-electron chi connectivity index (χ2n) is 5.93. The Hall–Kier alpha value is -3.42. The van der Waals surface area contributed by atoms with Gasteiger partial charge in [0.25, 0.3) is 5.82 Å². The number of benzene rings is 2. The first-order chi connectivity index (χ1) is 12.9. The van der Waals surface area contributed by atoms with Crippen LogP contribution in [-0.2, 0) is 6.18 Å². The van der Waals surface area contributed by atoms with Gasteiger partial charge in [0.2, 0.25) is 5.88 Å². The number of rotatable bonds is 3. The van der Waals surface area contributed by atoms with Crippen molar-refractivity contribution in [3.05, 3.63) is 72.1 Å². The second-order valence-corrected chi connectivity index (χ2v) is 5.93. The minimum atomic E-state index is -4.66. The van der Waals surface area contributed by atoms with Crippen molar-refractivity contribution >= 4 is 5.65 Å². The Labute approximate surface area is 152 Å². The molecule has 0 aliphatic heterocycles. The summed E-state index contributed by atoms with van der Waals surface area (Å²) in [5.41, 5.74) is 2.82. The van der Waals surface area contributed by atoms with Crippen LogP contribution in [0.25, 0.3) is 16.8 Å². The molecule has 136 valence electrons. The lowest BCUT2D eigenvalue weighted by molar-refractivity contribution is -0.146. The van der Waals surface area contributed by atoms with Crippen LogP contribution in [0.1, 0.15) is 11.4 Å². The standard InChI is InChI=1S/C19H13F3N4O/c1-12-5-4-6-13(11-12)14-7-2-3-8-15(14)27-17-10-9-16-23-24-18(19(20,21)22)26(16)25-17/h2-11H,1H3. The minimum absolute atomic E-state index is 0.00732. The van der Waals surface area contributed by atoms with Crippen LogP contribution < -0.4 is 4.74 Å². The Morgan fingerprint density at radius 1 is 0.926 bits per heavy atom. The number of hydrogen-bond acceptors (Lipinski definition) is 4. The van der Waals surface area contributed by atoms with Gasteiger partial charge in [-0.05, 0) is 24.6 Å². The highest BCUT2D eigenvalue weighted by Crippen LogP contribution is 2.33. The van der Waals surface area contributed by atoms with E-state index in [2.05, 4.69) is 15.3 Å². The first kappa shape index (κ1) is 17.0. The van der Waals surface area contributed by atoms with Crippen LogP contribution in [-0.4, -0.2) is 19.8 Å². The van der Waals surface area contributed by atoms with Gasteiger partial charge < -0.3 is 4.74 Å². The molecule has 8 heteroatoms. The van der Waals surface area contributed by atoms with Gasteiger partial charge in [0.1, 0.15) is 5.75 Å². The lowest BCUT2D eigenvalue weighted by Gasteiger charge is -2.11. The fourth-order valence-corrected chi connectivity index (χ4v) is 2.72. The van der Waals surface area contributed by atoms with Gasteiger partial charge in [-0.15, -0.1) is 15.3 Å². The number of hydrogen-bond donors (Lipinski definition) is 0. The third-order valence-corrected chi connectivity index (χ3v) is 3.92. The second kappa shape index (κ2) is 6.39. The van der Waals surface area contributed by atoms with E-state index in [1.54, 1.807) is 12.1 Å². The fraction of sp³-hybridized carbons (Fsp3) is 0.105. The summed E-state index contributed by atoms with van der Waals surface area (Å²) in [7, 11) is 0. The van der Waals surface area contributed by atoms with Crippen molar-refractivity contribution in [1.82, 2.24) is 19.8 Å². The Bertz CT molecular complexity index is 1120. The van der Waals surface area contributed by atoms with E-state index in [0.717, 1.165) is 16.7 Å². The molecule has 4 aromatic rings. The number of para-hydroxylation sites is 1. The van der Waals surface area contributed by atoms with Gasteiger partial charge in [0, 0.05) is 11.6 Å². The monoisotopic (exact) mass is 370 g/mol. The van der Waals surface area contributed by atoms with Crippen molar-refractivity contribution in [3.63, 3.8) is 0 Å². The summed E-state index contributed by atoms with van der Waals surface area (Å²) >= 11 is 0. The molecule has 0 aliphatic rings. The summed E-state index contributed by atoms with van der Waals surface area (Å²) in [6.45, 7) is 1.98. The molecule has 0 spiro atoms. The zero-order valence-electron chi connectivity index (χ0n) is 14.1. The maximum atomic E-state index is 13.0. The van der Waals surface area contributed by atoms with Crippen molar-refractivity contribution in [1.29, 1.82) is 0 Å². The summed E-state index contributed by atoms with van der Waals surface area (Å²) in [6, 6.07) is 17.9. The smallest absolute Gasteiger partial charge is 0.437 e. The van der Waals surface area contributed by atoms with E-state index in [9.17, 15) is 13.2 Å². The molecule has 0 saturated carbocycles. The van der Waals surface area contributed by atoms with Crippen LogP contribution in [0.15, 0.2) is 60.7 Å². The van der Waals surface area contributed by atoms with Crippen molar-refractivity contribution in [2.24, 2.45) is 0 Å². The van der Waals surface area contributed by atoms with Gasteiger partial charge in [-0.1, -0.05) is 48.0 Å². The molecule has 0 amide bonds. The molecule has 5 nitrogen and oxygen atoms in total. The molecule has 4 rings (SSSR count). The summed E-state index contributed by atoms with van der Waals surface area (Å²) in [5.74, 6) is -0.709. The maximum absolute atomic E-state index is 13.0. The summed E-state index contributed by atoms with van der Waals surface area (Å²) in [5, 5.41) is 10.5. The number of halogens is 3. The summed E-state index contributed by atoms with van der Waals surface area (Å²) in [4.78, 5) is 0. The highest BCUT2D eigenvalue weighted by molar-refractivity contribution is 5.71. The number of fused-ring (bicyclic) bond motifs is 1. The highest BCUT2D eigenvalue weighted by Gasteiger charge is 2.37. The van der Waals surface area contributed by atoms with E-state index < -0.39 is 12.0 Å². The molecular formula is C19H13F3N4O. The Kier molecular flexibility index (Phi) is 4.02. The number of alkyl halides is 3. The van der Waals surface area contributed by atoms with Crippen LogP contribution in [0.2, 0.25) is 0 Å². The van der Waals surface area contributed by atoms with Crippen molar-refractivity contribution in [2.75, 3.05) is 0 Å². The fourth-order valence-electron chi connectivity index (χ4n) is 2.72. The van der Waals surface area contributed by atoms with Crippen LogP contribution in [0.3, 0.4) is 0 Å². The Balaban J connectivity index is 1.75. The number of aromatic nitrogens is 4. The van der Waals surface area contributed by atoms with E-state index >= 15 is 0 Å². The van der Waals surface area contributed by atoms with Crippen molar-refractivity contribution in [2.45, 2.75) is 13.1 Å². The predicted molar refractivity (Wildman–Crippen MR) is 92.5 cm³/mol. The third-order valence-electron chi connectivity index (χ3n) is 3.92. The van der Waals surface area contributed by atoms with Gasteiger partial charge in [0.15, 0.2) is 5.65 Å². The average molecular weight is 370 g/mol. The third kappa shape index (κ3) is 3.33. The van der Waals surface area contributed by atoms with Gasteiger partial charge in [-0.2, -0.15) is 17.7 Å². The van der Waals surface area contributed by atoms with Crippen molar-refractivity contribution < 1.29 is 17.9 Å². The topological polar surface area (TPSA) is 52.3 Å². The molecule has 2 heterocycles. The van der Waals surface area contributed by atoms with E-state index in [-0.39, 0.29) is 11.5 Å². The molecule has 2 aromatic carbocycles. The molecule has 0 aliphatic carbocycles. The molecule has 0 unspecified atom stereocenters. The molecule has 2 aromatic heterocycles. The predicted octanol–water partition coefficient (Wildman–Crippen LogP) is 4.91.